The molecule has 0 N–H and O–H groups in total. The van der Waals surface area contributed by atoms with Crippen LogP contribution in [-0.4, -0.2) is 9.55 Å². The minimum atomic E-state index is 0.406. The van der Waals surface area contributed by atoms with Gasteiger partial charge in [-0.15, -0.1) is 0 Å². The summed E-state index contributed by atoms with van der Waals surface area (Å²) in [5, 5.41) is 5.12. The number of imidazole rings is 1. The highest BCUT2D eigenvalue weighted by Crippen LogP contribution is 2.42. The van der Waals surface area contributed by atoms with E-state index in [2.05, 4.69) is 123 Å². The Morgan fingerprint density at radius 2 is 1.32 bits per heavy atom. The molecule has 2 nitrogen and oxygen atoms in total. The van der Waals surface area contributed by atoms with Crippen LogP contribution in [-0.2, 0) is 0 Å². The van der Waals surface area contributed by atoms with Crippen molar-refractivity contribution in [2.45, 2.75) is 77.6 Å². The summed E-state index contributed by atoms with van der Waals surface area (Å²) < 4.78 is 2.48. The van der Waals surface area contributed by atoms with E-state index in [1.807, 2.05) is 0 Å². The molecule has 6 aromatic rings. The molecule has 2 heteroatoms. The lowest BCUT2D eigenvalue weighted by Gasteiger charge is -2.28. The van der Waals surface area contributed by atoms with Gasteiger partial charge in [-0.05, 0) is 87.0 Å². The fourth-order valence-electron chi connectivity index (χ4n) is 7.11. The van der Waals surface area contributed by atoms with Crippen LogP contribution >= 0.6 is 0 Å². The smallest absolute Gasteiger partial charge is 0.145 e. The zero-order valence-corrected chi connectivity index (χ0v) is 24.8. The Bertz CT molecular complexity index is 1850. The lowest BCUT2D eigenvalue weighted by Crippen LogP contribution is -2.12. The predicted octanol–water partition coefficient (Wildman–Crippen LogP) is 11.3. The number of aromatic nitrogens is 2. The molecular weight excluding hydrogens is 496 g/mol. The van der Waals surface area contributed by atoms with Crippen LogP contribution < -0.4 is 0 Å². The highest BCUT2D eigenvalue weighted by Gasteiger charge is 2.25. The summed E-state index contributed by atoms with van der Waals surface area (Å²) in [6, 6.07) is 33.8. The van der Waals surface area contributed by atoms with E-state index >= 15 is 0 Å². The fourth-order valence-corrected chi connectivity index (χ4v) is 7.11. The van der Waals surface area contributed by atoms with E-state index < -0.39 is 0 Å². The third-order valence-corrected chi connectivity index (χ3v) is 9.30. The van der Waals surface area contributed by atoms with Crippen LogP contribution in [0.1, 0.15) is 94.2 Å². The van der Waals surface area contributed by atoms with Gasteiger partial charge in [0.1, 0.15) is 5.82 Å². The molecule has 0 spiro atoms. The van der Waals surface area contributed by atoms with E-state index in [4.69, 9.17) is 4.98 Å². The summed E-state index contributed by atoms with van der Waals surface area (Å²) in [4.78, 5) is 5.30. The Labute approximate surface area is 244 Å². The Kier molecular flexibility index (Phi) is 6.66. The maximum Gasteiger partial charge on any atom is 0.145 e. The summed E-state index contributed by atoms with van der Waals surface area (Å²) in [5.41, 5.74) is 9.13. The number of hydrogen-bond donors (Lipinski definition) is 0. The van der Waals surface area contributed by atoms with Crippen LogP contribution in [0.15, 0.2) is 91.0 Å². The van der Waals surface area contributed by atoms with E-state index in [1.54, 1.807) is 5.56 Å². The number of rotatable bonds is 5. The third kappa shape index (κ3) is 4.54. The first-order valence-electron chi connectivity index (χ1n) is 15.6. The predicted molar refractivity (Wildman–Crippen MR) is 176 cm³/mol. The SMILES string of the molecule is CC(C)c1cc(C2CCCCC2)cc(C(C)C)c1-n1c(-c2ccc3c(ccc4ccccc43)c2)nc2ccccc21. The molecule has 1 aromatic heterocycles. The van der Waals surface area contributed by atoms with Crippen molar-refractivity contribution in [2.24, 2.45) is 0 Å². The van der Waals surface area contributed by atoms with Gasteiger partial charge in [0.05, 0.1) is 16.7 Å². The highest BCUT2D eigenvalue weighted by molar-refractivity contribution is 6.08. The molecule has 5 aromatic carbocycles. The minimum absolute atomic E-state index is 0.406. The summed E-state index contributed by atoms with van der Waals surface area (Å²) in [6.45, 7) is 9.42. The zero-order chi connectivity index (χ0) is 28.1. The quantitative estimate of drug-likeness (QED) is 0.200. The molecule has 41 heavy (non-hydrogen) atoms. The second kappa shape index (κ2) is 10.5. The van der Waals surface area contributed by atoms with Gasteiger partial charge in [-0.1, -0.05) is 120 Å². The highest BCUT2D eigenvalue weighted by atomic mass is 15.1. The van der Waals surface area contributed by atoms with Crippen LogP contribution in [0.25, 0.3) is 49.7 Å². The van der Waals surface area contributed by atoms with E-state index in [0.717, 1.165) is 16.9 Å². The lowest BCUT2D eigenvalue weighted by molar-refractivity contribution is 0.443. The number of fused-ring (bicyclic) bond motifs is 4. The number of hydrogen-bond acceptors (Lipinski definition) is 1. The van der Waals surface area contributed by atoms with Crippen molar-refractivity contribution in [1.82, 2.24) is 9.55 Å². The summed E-state index contributed by atoms with van der Waals surface area (Å²) in [5.74, 6) is 2.52. The molecule has 0 amide bonds. The molecule has 1 saturated carbocycles. The van der Waals surface area contributed by atoms with Gasteiger partial charge >= 0.3 is 0 Å². The average molecular weight is 537 g/mol. The van der Waals surface area contributed by atoms with Gasteiger partial charge < -0.3 is 0 Å². The van der Waals surface area contributed by atoms with Gasteiger partial charge in [-0.2, -0.15) is 0 Å². The van der Waals surface area contributed by atoms with Gasteiger partial charge in [0, 0.05) is 5.56 Å². The molecule has 1 aliphatic carbocycles. The number of benzene rings is 5. The Morgan fingerprint density at radius 3 is 2.07 bits per heavy atom. The molecule has 7 rings (SSSR count). The Balaban J connectivity index is 1.50. The van der Waals surface area contributed by atoms with Crippen molar-refractivity contribution < 1.29 is 0 Å². The van der Waals surface area contributed by atoms with Crippen molar-refractivity contribution in [3.05, 3.63) is 108 Å². The molecule has 1 aliphatic rings. The minimum Gasteiger partial charge on any atom is -0.292 e. The standard InChI is InChI=1S/C39H40N2/c1-25(2)34-23-31(27-12-6-5-7-13-27)24-35(26(3)4)38(34)41-37-17-11-10-16-36(37)40-39(41)30-20-21-33-29(22-30)19-18-28-14-8-9-15-32(28)33/h8-11,14-27H,5-7,12-13H2,1-4H3. The molecule has 0 unspecified atom stereocenters. The summed E-state index contributed by atoms with van der Waals surface area (Å²) in [7, 11) is 0. The van der Waals surface area contributed by atoms with E-state index in [1.165, 1.54) is 76.0 Å². The van der Waals surface area contributed by atoms with Crippen LogP contribution in [0, 0.1) is 0 Å². The molecular formula is C39H40N2. The van der Waals surface area contributed by atoms with Gasteiger partial charge in [0.2, 0.25) is 0 Å². The molecule has 0 radical (unpaired) electrons. The van der Waals surface area contributed by atoms with Crippen LogP contribution in [0.5, 0.6) is 0 Å². The Morgan fingerprint density at radius 1 is 0.659 bits per heavy atom. The number of nitrogens with zero attached hydrogens (tertiary/aromatic N) is 2. The normalized spacial score (nSPS) is 14.7. The zero-order valence-electron chi connectivity index (χ0n) is 24.8. The van der Waals surface area contributed by atoms with E-state index in [0.29, 0.717) is 17.8 Å². The maximum atomic E-state index is 5.30. The van der Waals surface area contributed by atoms with Crippen molar-refractivity contribution in [3.8, 4) is 17.1 Å². The first-order chi connectivity index (χ1) is 20.0. The first kappa shape index (κ1) is 26.0. The van der Waals surface area contributed by atoms with Gasteiger partial charge in [0.15, 0.2) is 0 Å². The van der Waals surface area contributed by atoms with Gasteiger partial charge in [-0.25, -0.2) is 4.98 Å². The first-order valence-corrected chi connectivity index (χ1v) is 15.6. The van der Waals surface area contributed by atoms with Crippen LogP contribution in [0.4, 0.5) is 0 Å². The molecule has 0 saturated heterocycles. The van der Waals surface area contributed by atoms with Crippen molar-refractivity contribution in [3.63, 3.8) is 0 Å². The Hall–Kier alpha value is -3.91. The lowest BCUT2D eigenvalue weighted by atomic mass is 9.80. The fraction of sp³-hybridized carbons (Fsp3) is 0.308. The molecule has 0 atom stereocenters. The molecule has 0 bridgehead atoms. The van der Waals surface area contributed by atoms with Gasteiger partial charge in [0.25, 0.3) is 0 Å². The van der Waals surface area contributed by atoms with Crippen molar-refractivity contribution in [2.75, 3.05) is 0 Å². The molecule has 1 fully saturated rings. The van der Waals surface area contributed by atoms with Crippen molar-refractivity contribution >= 4 is 32.6 Å². The average Bonchev–Trinajstić information content (AvgIpc) is 3.39. The van der Waals surface area contributed by atoms with Crippen molar-refractivity contribution in [1.29, 1.82) is 0 Å². The summed E-state index contributed by atoms with van der Waals surface area (Å²) in [6.07, 6.45) is 6.73. The summed E-state index contributed by atoms with van der Waals surface area (Å²) >= 11 is 0. The molecule has 206 valence electrons. The molecule has 1 heterocycles. The van der Waals surface area contributed by atoms with E-state index in [-0.39, 0.29) is 0 Å². The largest absolute Gasteiger partial charge is 0.292 e. The maximum absolute atomic E-state index is 5.30. The second-order valence-electron chi connectivity index (χ2n) is 12.7. The third-order valence-electron chi connectivity index (χ3n) is 9.30. The molecule has 0 aliphatic heterocycles. The van der Waals surface area contributed by atoms with E-state index in [9.17, 15) is 0 Å². The van der Waals surface area contributed by atoms with Gasteiger partial charge in [-0.3, -0.25) is 4.57 Å². The van der Waals surface area contributed by atoms with Crippen LogP contribution in [0.2, 0.25) is 0 Å². The number of para-hydroxylation sites is 2. The second-order valence-corrected chi connectivity index (χ2v) is 12.7. The monoisotopic (exact) mass is 536 g/mol. The van der Waals surface area contributed by atoms with Crippen LogP contribution in [0.3, 0.4) is 0 Å². The topological polar surface area (TPSA) is 17.8 Å².